The molecule has 0 aliphatic heterocycles. The van der Waals surface area contributed by atoms with Gasteiger partial charge in [-0.2, -0.15) is 0 Å². The largest absolute Gasteiger partial charge is 0.480 e. The van der Waals surface area contributed by atoms with E-state index in [-0.39, 0.29) is 6.54 Å². The van der Waals surface area contributed by atoms with E-state index in [9.17, 15) is 4.79 Å². The van der Waals surface area contributed by atoms with Crippen molar-refractivity contribution >= 4 is 11.9 Å². The molecule has 2 aromatic rings. The Morgan fingerprint density at radius 2 is 1.83 bits per heavy atom. The number of carbonyl (C=O) groups is 1. The maximum absolute atomic E-state index is 10.6. The van der Waals surface area contributed by atoms with Crippen molar-refractivity contribution in [3.63, 3.8) is 0 Å². The molecular weight excluding hydrogens is 232 g/mol. The van der Waals surface area contributed by atoms with Gasteiger partial charge in [0.05, 0.1) is 0 Å². The molecule has 2 heterocycles. The van der Waals surface area contributed by atoms with Gasteiger partial charge in [-0.25, -0.2) is 9.97 Å². The summed E-state index contributed by atoms with van der Waals surface area (Å²) in [6.45, 7) is -0.130. The van der Waals surface area contributed by atoms with Gasteiger partial charge < -0.3 is 10.0 Å². The summed E-state index contributed by atoms with van der Waals surface area (Å²) in [7, 11) is 1.63. The van der Waals surface area contributed by atoms with Crippen LogP contribution in [0.1, 0.15) is 0 Å². The summed E-state index contributed by atoms with van der Waals surface area (Å²) in [5.74, 6) is -0.533. The molecule has 92 valence electrons. The SMILES string of the molecule is CN(CC(=O)O)c1ncc(-c2ccncc2)cn1. The van der Waals surface area contributed by atoms with E-state index in [0.717, 1.165) is 11.1 Å². The number of hydrogen-bond acceptors (Lipinski definition) is 5. The number of hydrogen-bond donors (Lipinski definition) is 1. The first-order chi connectivity index (χ1) is 8.66. The molecule has 1 N–H and O–H groups in total. The van der Waals surface area contributed by atoms with Gasteiger partial charge >= 0.3 is 5.97 Å². The summed E-state index contributed by atoms with van der Waals surface area (Å²) >= 11 is 0. The second kappa shape index (κ2) is 5.22. The highest BCUT2D eigenvalue weighted by Crippen LogP contribution is 2.17. The van der Waals surface area contributed by atoms with Crippen LogP contribution in [-0.4, -0.2) is 39.6 Å². The minimum atomic E-state index is -0.917. The van der Waals surface area contributed by atoms with Gasteiger partial charge in [0.1, 0.15) is 6.54 Å². The fourth-order valence-electron chi connectivity index (χ4n) is 1.49. The quantitative estimate of drug-likeness (QED) is 0.866. The Morgan fingerprint density at radius 1 is 1.22 bits per heavy atom. The second-order valence-corrected chi connectivity index (χ2v) is 3.76. The number of anilines is 1. The zero-order chi connectivity index (χ0) is 13.0. The number of nitrogens with zero attached hydrogens (tertiary/aromatic N) is 4. The van der Waals surface area contributed by atoms with Gasteiger partial charge in [-0.05, 0) is 17.7 Å². The third-order valence-corrected chi connectivity index (χ3v) is 2.37. The summed E-state index contributed by atoms with van der Waals surface area (Å²) in [6.07, 6.45) is 6.71. The smallest absolute Gasteiger partial charge is 0.323 e. The van der Waals surface area contributed by atoms with Crippen molar-refractivity contribution in [2.45, 2.75) is 0 Å². The van der Waals surface area contributed by atoms with E-state index in [1.807, 2.05) is 12.1 Å². The molecule has 0 fully saturated rings. The van der Waals surface area contributed by atoms with Gasteiger partial charge in [-0.1, -0.05) is 0 Å². The molecular formula is C12H12N4O2. The zero-order valence-corrected chi connectivity index (χ0v) is 9.82. The summed E-state index contributed by atoms with van der Waals surface area (Å²) in [5, 5.41) is 8.67. The Bertz CT molecular complexity index is 528. The molecule has 0 radical (unpaired) electrons. The van der Waals surface area contributed by atoms with Gasteiger partial charge in [-0.15, -0.1) is 0 Å². The van der Waals surface area contributed by atoms with E-state index in [1.54, 1.807) is 31.8 Å². The topological polar surface area (TPSA) is 79.2 Å². The van der Waals surface area contributed by atoms with Crippen molar-refractivity contribution < 1.29 is 9.90 Å². The van der Waals surface area contributed by atoms with Gasteiger partial charge in [0.25, 0.3) is 0 Å². The molecule has 0 unspecified atom stereocenters. The number of rotatable bonds is 4. The number of carboxylic acids is 1. The van der Waals surface area contributed by atoms with Crippen molar-refractivity contribution in [3.05, 3.63) is 36.9 Å². The average molecular weight is 244 g/mol. The lowest BCUT2D eigenvalue weighted by Gasteiger charge is -2.13. The van der Waals surface area contributed by atoms with Crippen LogP contribution in [0.5, 0.6) is 0 Å². The average Bonchev–Trinajstić information content (AvgIpc) is 2.39. The van der Waals surface area contributed by atoms with Crippen molar-refractivity contribution in [1.82, 2.24) is 15.0 Å². The number of pyridine rings is 1. The van der Waals surface area contributed by atoms with Crippen LogP contribution >= 0.6 is 0 Å². The molecule has 18 heavy (non-hydrogen) atoms. The number of aliphatic carboxylic acids is 1. The van der Waals surface area contributed by atoms with Crippen molar-refractivity contribution in [3.8, 4) is 11.1 Å². The van der Waals surface area contributed by atoms with Crippen LogP contribution in [-0.2, 0) is 4.79 Å². The lowest BCUT2D eigenvalue weighted by molar-refractivity contribution is -0.135. The predicted molar refractivity (Wildman–Crippen MR) is 66.2 cm³/mol. The predicted octanol–water partition coefficient (Wildman–Crippen LogP) is 1.06. The Hall–Kier alpha value is -2.50. The fourth-order valence-corrected chi connectivity index (χ4v) is 1.49. The fraction of sp³-hybridized carbons (Fsp3) is 0.167. The lowest BCUT2D eigenvalue weighted by atomic mass is 10.1. The second-order valence-electron chi connectivity index (χ2n) is 3.76. The van der Waals surface area contributed by atoms with Crippen LogP contribution in [0.2, 0.25) is 0 Å². The number of aromatic nitrogens is 3. The van der Waals surface area contributed by atoms with Crippen molar-refractivity contribution in [2.24, 2.45) is 0 Å². The van der Waals surface area contributed by atoms with E-state index in [2.05, 4.69) is 15.0 Å². The molecule has 0 atom stereocenters. The highest BCUT2D eigenvalue weighted by Gasteiger charge is 2.08. The molecule has 0 aromatic carbocycles. The van der Waals surface area contributed by atoms with Gasteiger partial charge in [0.2, 0.25) is 5.95 Å². The maximum atomic E-state index is 10.6. The molecule has 0 aliphatic carbocycles. The Morgan fingerprint density at radius 3 is 2.39 bits per heavy atom. The number of carboxylic acid groups (broad SMARTS) is 1. The molecule has 0 saturated carbocycles. The molecule has 0 aliphatic rings. The molecule has 0 amide bonds. The monoisotopic (exact) mass is 244 g/mol. The standard InChI is InChI=1S/C12H12N4O2/c1-16(8-11(17)18)12-14-6-10(7-15-12)9-2-4-13-5-3-9/h2-7H,8H2,1H3,(H,17,18). The van der Waals surface area contributed by atoms with Crippen LogP contribution < -0.4 is 4.90 Å². The van der Waals surface area contributed by atoms with Gasteiger partial charge in [-0.3, -0.25) is 9.78 Å². The third kappa shape index (κ3) is 2.79. The third-order valence-electron chi connectivity index (χ3n) is 2.37. The highest BCUT2D eigenvalue weighted by atomic mass is 16.4. The first kappa shape index (κ1) is 12.0. The molecule has 2 aromatic heterocycles. The molecule has 0 saturated heterocycles. The minimum absolute atomic E-state index is 0.130. The summed E-state index contributed by atoms with van der Waals surface area (Å²) in [4.78, 5) is 24.3. The Labute approximate surface area is 104 Å². The van der Waals surface area contributed by atoms with Crippen LogP contribution in [0, 0.1) is 0 Å². The highest BCUT2D eigenvalue weighted by molar-refractivity contribution is 5.72. The number of likely N-dealkylation sites (N-methyl/N-ethyl adjacent to an activating group) is 1. The maximum Gasteiger partial charge on any atom is 0.323 e. The van der Waals surface area contributed by atoms with Gasteiger partial charge in [0.15, 0.2) is 0 Å². The first-order valence-corrected chi connectivity index (χ1v) is 5.32. The van der Waals surface area contributed by atoms with Crippen LogP contribution in [0.25, 0.3) is 11.1 Å². The Kier molecular flexibility index (Phi) is 3.47. The molecule has 2 rings (SSSR count). The Balaban J connectivity index is 2.18. The van der Waals surface area contributed by atoms with Crippen LogP contribution in [0.15, 0.2) is 36.9 Å². The molecule has 0 spiro atoms. The summed E-state index contributed by atoms with van der Waals surface area (Å²) < 4.78 is 0. The van der Waals surface area contributed by atoms with E-state index in [4.69, 9.17) is 5.11 Å². The van der Waals surface area contributed by atoms with Crippen LogP contribution in [0.4, 0.5) is 5.95 Å². The normalized spacial score (nSPS) is 10.1. The van der Waals surface area contributed by atoms with Gasteiger partial charge in [0, 0.05) is 37.4 Å². The van der Waals surface area contributed by atoms with Crippen molar-refractivity contribution in [1.29, 1.82) is 0 Å². The molecule has 0 bridgehead atoms. The molecule has 6 heteroatoms. The zero-order valence-electron chi connectivity index (χ0n) is 9.82. The van der Waals surface area contributed by atoms with E-state index in [0.29, 0.717) is 5.95 Å². The van der Waals surface area contributed by atoms with E-state index >= 15 is 0 Å². The lowest BCUT2D eigenvalue weighted by Crippen LogP contribution is -2.26. The van der Waals surface area contributed by atoms with Crippen molar-refractivity contribution in [2.75, 3.05) is 18.5 Å². The van der Waals surface area contributed by atoms with E-state index in [1.165, 1.54) is 4.90 Å². The first-order valence-electron chi connectivity index (χ1n) is 5.32. The summed E-state index contributed by atoms with van der Waals surface area (Å²) in [6, 6.07) is 3.72. The molecule has 6 nitrogen and oxygen atoms in total. The minimum Gasteiger partial charge on any atom is -0.480 e. The van der Waals surface area contributed by atoms with E-state index < -0.39 is 5.97 Å². The summed E-state index contributed by atoms with van der Waals surface area (Å²) in [5.41, 5.74) is 1.84. The van der Waals surface area contributed by atoms with Crippen LogP contribution in [0.3, 0.4) is 0 Å².